The summed E-state index contributed by atoms with van der Waals surface area (Å²) in [6.07, 6.45) is 0.739. The summed E-state index contributed by atoms with van der Waals surface area (Å²) in [5.74, 6) is -0.341. The molecule has 0 unspecified atom stereocenters. The molecule has 0 fully saturated rings. The van der Waals surface area contributed by atoms with Crippen molar-refractivity contribution in [1.29, 1.82) is 0 Å². The highest BCUT2D eigenvalue weighted by Gasteiger charge is 2.25. The van der Waals surface area contributed by atoms with Crippen LogP contribution in [0.25, 0.3) is 10.9 Å². The lowest BCUT2D eigenvalue weighted by molar-refractivity contribution is 0.0937. The van der Waals surface area contributed by atoms with E-state index in [-0.39, 0.29) is 11.7 Å². The van der Waals surface area contributed by atoms with Gasteiger partial charge >= 0.3 is 0 Å². The molecule has 0 saturated heterocycles. The summed E-state index contributed by atoms with van der Waals surface area (Å²) in [6.45, 7) is 1.21. The number of amides is 1. The van der Waals surface area contributed by atoms with Gasteiger partial charge in [-0.1, -0.05) is 30.3 Å². The van der Waals surface area contributed by atoms with E-state index >= 15 is 0 Å². The number of halogens is 1. The number of benzene rings is 2. The van der Waals surface area contributed by atoms with Crippen molar-refractivity contribution in [3.8, 4) is 0 Å². The number of carbonyl (C=O) groups excluding carboxylic acids is 1. The first-order valence-corrected chi connectivity index (χ1v) is 7.37. The Morgan fingerprint density at radius 2 is 1.95 bits per heavy atom. The Kier molecular flexibility index (Phi) is 2.96. The van der Waals surface area contributed by atoms with E-state index in [0.29, 0.717) is 18.8 Å². The fourth-order valence-electron chi connectivity index (χ4n) is 3.22. The lowest BCUT2D eigenvalue weighted by Gasteiger charge is -2.16. The van der Waals surface area contributed by atoms with Gasteiger partial charge in [0, 0.05) is 24.0 Å². The molecule has 4 rings (SSSR count). The average molecular weight is 294 g/mol. The Morgan fingerprint density at radius 3 is 2.77 bits per heavy atom. The Bertz CT molecular complexity index is 868. The predicted octanol–water partition coefficient (Wildman–Crippen LogP) is 3.11. The average Bonchev–Trinajstić information content (AvgIpc) is 2.83. The molecule has 0 aliphatic carbocycles. The molecule has 2 aromatic carbocycles. The first-order chi connectivity index (χ1) is 10.7. The fourth-order valence-corrected chi connectivity index (χ4v) is 3.22. The molecule has 1 aliphatic rings. The predicted molar refractivity (Wildman–Crippen MR) is 83.5 cm³/mol. The maximum absolute atomic E-state index is 13.6. The van der Waals surface area contributed by atoms with Crippen LogP contribution in [0.4, 0.5) is 4.39 Å². The molecule has 110 valence electrons. The molecule has 4 heteroatoms. The highest BCUT2D eigenvalue weighted by molar-refractivity contribution is 6.03. The molecule has 1 N–H and O–H groups in total. The summed E-state index contributed by atoms with van der Waals surface area (Å²) in [6, 6.07) is 14.7. The van der Waals surface area contributed by atoms with Crippen LogP contribution in [-0.4, -0.2) is 17.0 Å². The summed E-state index contributed by atoms with van der Waals surface area (Å²) in [5, 5.41) is 3.73. The van der Waals surface area contributed by atoms with Crippen molar-refractivity contribution >= 4 is 16.8 Å². The minimum Gasteiger partial charge on any atom is -0.350 e. The highest BCUT2D eigenvalue weighted by atomic mass is 19.1. The van der Waals surface area contributed by atoms with Crippen LogP contribution in [0.15, 0.2) is 48.5 Å². The Hall–Kier alpha value is -2.62. The second-order valence-corrected chi connectivity index (χ2v) is 5.57. The number of nitrogens with zero attached hydrogens (tertiary/aromatic N) is 1. The number of fused-ring (bicyclic) bond motifs is 3. The molecule has 2 heterocycles. The molecule has 0 atom stereocenters. The molecule has 1 aromatic heterocycles. The minimum atomic E-state index is -0.266. The van der Waals surface area contributed by atoms with Crippen LogP contribution < -0.4 is 5.32 Å². The normalized spacial score (nSPS) is 14.0. The van der Waals surface area contributed by atoms with Gasteiger partial charge in [-0.15, -0.1) is 0 Å². The van der Waals surface area contributed by atoms with Crippen molar-refractivity contribution in [2.75, 3.05) is 6.54 Å². The first kappa shape index (κ1) is 13.1. The van der Waals surface area contributed by atoms with Gasteiger partial charge in [-0.05, 0) is 35.7 Å². The van der Waals surface area contributed by atoms with Crippen LogP contribution in [0.2, 0.25) is 0 Å². The molecule has 0 bridgehead atoms. The maximum atomic E-state index is 13.6. The van der Waals surface area contributed by atoms with Crippen molar-refractivity contribution in [1.82, 2.24) is 9.88 Å². The Balaban J connectivity index is 1.96. The summed E-state index contributed by atoms with van der Waals surface area (Å²) in [4.78, 5) is 12.3. The van der Waals surface area contributed by atoms with Crippen molar-refractivity contribution in [3.05, 3.63) is 71.2 Å². The second-order valence-electron chi connectivity index (χ2n) is 5.57. The van der Waals surface area contributed by atoms with Crippen molar-refractivity contribution in [3.63, 3.8) is 0 Å². The van der Waals surface area contributed by atoms with E-state index in [4.69, 9.17) is 0 Å². The molecule has 3 aromatic rings. The number of hydrogen-bond donors (Lipinski definition) is 1. The van der Waals surface area contributed by atoms with Crippen molar-refractivity contribution < 1.29 is 9.18 Å². The highest BCUT2D eigenvalue weighted by Crippen LogP contribution is 2.30. The fraction of sp³-hybridized carbons (Fsp3) is 0.167. The number of aromatic nitrogens is 1. The molecule has 1 amide bonds. The molecule has 0 spiro atoms. The number of nitrogens with one attached hydrogen (secondary N) is 1. The molecular formula is C18H15FN2O. The van der Waals surface area contributed by atoms with E-state index in [0.717, 1.165) is 28.5 Å². The lowest BCUT2D eigenvalue weighted by Crippen LogP contribution is -2.33. The Morgan fingerprint density at radius 1 is 1.14 bits per heavy atom. The van der Waals surface area contributed by atoms with Crippen molar-refractivity contribution in [2.24, 2.45) is 0 Å². The third kappa shape index (κ3) is 1.99. The zero-order valence-corrected chi connectivity index (χ0v) is 12.0. The van der Waals surface area contributed by atoms with Gasteiger partial charge in [-0.25, -0.2) is 4.39 Å². The van der Waals surface area contributed by atoms with Gasteiger partial charge in [-0.3, -0.25) is 4.79 Å². The number of rotatable bonds is 2. The molecule has 1 aliphatic heterocycles. The van der Waals surface area contributed by atoms with Gasteiger partial charge < -0.3 is 9.88 Å². The zero-order valence-electron chi connectivity index (χ0n) is 12.0. The smallest absolute Gasteiger partial charge is 0.268 e. The molecule has 0 radical (unpaired) electrons. The van der Waals surface area contributed by atoms with Crippen LogP contribution in [0.3, 0.4) is 0 Å². The van der Waals surface area contributed by atoms with E-state index < -0.39 is 0 Å². The minimum absolute atomic E-state index is 0.0752. The van der Waals surface area contributed by atoms with Crippen LogP contribution >= 0.6 is 0 Å². The molecular weight excluding hydrogens is 279 g/mol. The maximum Gasteiger partial charge on any atom is 0.268 e. The van der Waals surface area contributed by atoms with Gasteiger partial charge in [0.1, 0.15) is 11.5 Å². The van der Waals surface area contributed by atoms with E-state index in [9.17, 15) is 9.18 Å². The Labute approximate surface area is 127 Å². The molecule has 3 nitrogen and oxygen atoms in total. The van der Waals surface area contributed by atoms with Gasteiger partial charge in [0.15, 0.2) is 0 Å². The number of hydrogen-bond acceptors (Lipinski definition) is 1. The zero-order chi connectivity index (χ0) is 15.1. The van der Waals surface area contributed by atoms with E-state index in [1.807, 2.05) is 34.9 Å². The van der Waals surface area contributed by atoms with Crippen LogP contribution in [-0.2, 0) is 13.0 Å². The third-order valence-electron chi connectivity index (χ3n) is 4.19. The summed E-state index contributed by atoms with van der Waals surface area (Å²) in [7, 11) is 0. The largest absolute Gasteiger partial charge is 0.350 e. The van der Waals surface area contributed by atoms with Gasteiger partial charge in [-0.2, -0.15) is 0 Å². The topological polar surface area (TPSA) is 34.0 Å². The van der Waals surface area contributed by atoms with E-state index in [1.165, 1.54) is 12.1 Å². The van der Waals surface area contributed by atoms with Gasteiger partial charge in [0.2, 0.25) is 0 Å². The third-order valence-corrected chi connectivity index (χ3v) is 4.19. The SMILES string of the molecule is O=C1NCCc2c1n(Cc1ccccc1)c1ccc(F)cc21. The van der Waals surface area contributed by atoms with Gasteiger partial charge in [0.25, 0.3) is 5.91 Å². The van der Waals surface area contributed by atoms with Crippen LogP contribution in [0, 0.1) is 5.82 Å². The van der Waals surface area contributed by atoms with E-state index in [1.54, 1.807) is 6.07 Å². The molecule has 0 saturated carbocycles. The summed E-state index contributed by atoms with van der Waals surface area (Å²) < 4.78 is 15.6. The van der Waals surface area contributed by atoms with Crippen LogP contribution in [0.1, 0.15) is 21.6 Å². The number of carbonyl (C=O) groups is 1. The summed E-state index contributed by atoms with van der Waals surface area (Å²) in [5.41, 5.74) is 3.64. The monoisotopic (exact) mass is 294 g/mol. The standard InChI is InChI=1S/C18H15FN2O/c19-13-6-7-16-15(10-13)14-8-9-20-18(22)17(14)21(16)11-12-4-2-1-3-5-12/h1-7,10H,8-9,11H2,(H,20,22). The van der Waals surface area contributed by atoms with Gasteiger partial charge in [0.05, 0.1) is 0 Å². The van der Waals surface area contributed by atoms with Crippen LogP contribution in [0.5, 0.6) is 0 Å². The molecule has 22 heavy (non-hydrogen) atoms. The first-order valence-electron chi connectivity index (χ1n) is 7.37. The lowest BCUT2D eigenvalue weighted by atomic mass is 10.0. The van der Waals surface area contributed by atoms with Crippen molar-refractivity contribution in [2.45, 2.75) is 13.0 Å². The summed E-state index contributed by atoms with van der Waals surface area (Å²) >= 11 is 0. The van der Waals surface area contributed by atoms with E-state index in [2.05, 4.69) is 5.32 Å². The second kappa shape index (κ2) is 4.98. The quantitative estimate of drug-likeness (QED) is 0.774.